The Morgan fingerprint density at radius 1 is 1.21 bits per heavy atom. The van der Waals surface area contributed by atoms with Crippen LogP contribution in [0, 0.1) is 0 Å². The molecule has 1 aromatic carbocycles. The monoisotopic (exact) mass is 276 g/mol. The van der Waals surface area contributed by atoms with Crippen molar-refractivity contribution < 1.29 is 14.7 Å². The van der Waals surface area contributed by atoms with Crippen molar-refractivity contribution in [2.45, 2.75) is 0 Å². The van der Waals surface area contributed by atoms with E-state index in [4.69, 9.17) is 22.4 Å². The Morgan fingerprint density at radius 3 is 2.42 bits per heavy atom. The third-order valence-corrected chi connectivity index (χ3v) is 2.71. The molecule has 0 saturated carbocycles. The zero-order valence-corrected chi connectivity index (χ0v) is 10.4. The number of hydrogen-bond donors (Lipinski definition) is 2. The summed E-state index contributed by atoms with van der Waals surface area (Å²) in [5.41, 5.74) is 5.71. The normalized spacial score (nSPS) is 10.2. The lowest BCUT2D eigenvalue weighted by molar-refractivity contribution is 0.0692. The molecule has 2 rings (SSSR count). The van der Waals surface area contributed by atoms with Crippen molar-refractivity contribution in [1.29, 1.82) is 0 Å². The van der Waals surface area contributed by atoms with Gasteiger partial charge in [-0.3, -0.25) is 4.79 Å². The fourth-order valence-corrected chi connectivity index (χ4v) is 1.81. The van der Waals surface area contributed by atoms with Gasteiger partial charge in [-0.15, -0.1) is 0 Å². The van der Waals surface area contributed by atoms with Gasteiger partial charge in [-0.2, -0.15) is 0 Å². The van der Waals surface area contributed by atoms with E-state index in [1.165, 1.54) is 24.4 Å². The molecule has 0 spiro atoms. The molecule has 2 aromatic rings. The van der Waals surface area contributed by atoms with Crippen LogP contribution in [0.25, 0.3) is 0 Å². The summed E-state index contributed by atoms with van der Waals surface area (Å²) in [7, 11) is 0. The van der Waals surface area contributed by atoms with Crippen LogP contribution in [0.4, 0.5) is 5.69 Å². The number of pyridine rings is 1. The Kier molecular flexibility index (Phi) is 3.48. The molecule has 0 fully saturated rings. The van der Waals surface area contributed by atoms with Crippen LogP contribution in [-0.2, 0) is 0 Å². The number of carbonyl (C=O) groups excluding carboxylic acids is 1. The number of halogens is 1. The number of carboxylic acid groups (broad SMARTS) is 1. The quantitative estimate of drug-likeness (QED) is 0.839. The van der Waals surface area contributed by atoms with Crippen LogP contribution in [0.3, 0.4) is 0 Å². The first-order chi connectivity index (χ1) is 9.00. The molecule has 1 heterocycles. The van der Waals surface area contributed by atoms with E-state index in [0.29, 0.717) is 5.02 Å². The molecule has 0 amide bonds. The van der Waals surface area contributed by atoms with Crippen molar-refractivity contribution in [3.05, 3.63) is 58.4 Å². The molecule has 0 atom stereocenters. The summed E-state index contributed by atoms with van der Waals surface area (Å²) in [5.74, 6) is -1.73. The molecule has 96 valence electrons. The largest absolute Gasteiger partial charge is 0.478 e. The third-order valence-electron chi connectivity index (χ3n) is 2.50. The summed E-state index contributed by atoms with van der Waals surface area (Å²) in [4.78, 5) is 27.2. The van der Waals surface area contributed by atoms with E-state index < -0.39 is 11.8 Å². The second kappa shape index (κ2) is 5.07. The van der Waals surface area contributed by atoms with Crippen molar-refractivity contribution in [2.75, 3.05) is 5.73 Å². The highest BCUT2D eigenvalue weighted by Gasteiger charge is 2.20. The molecule has 3 N–H and O–H groups in total. The maximum atomic E-state index is 12.3. The Balaban J connectivity index is 2.53. The van der Waals surface area contributed by atoms with Crippen LogP contribution < -0.4 is 5.73 Å². The molecule has 0 unspecified atom stereocenters. The fraction of sp³-hybridized carbons (Fsp3) is 0. The average Bonchev–Trinajstić information content (AvgIpc) is 2.38. The molecule has 19 heavy (non-hydrogen) atoms. The Bertz CT molecular complexity index is 671. The highest BCUT2D eigenvalue weighted by molar-refractivity contribution is 6.31. The minimum atomic E-state index is -1.18. The van der Waals surface area contributed by atoms with Gasteiger partial charge in [-0.1, -0.05) is 29.8 Å². The van der Waals surface area contributed by atoms with Crippen LogP contribution in [0.2, 0.25) is 5.02 Å². The molecule has 0 aliphatic carbocycles. The first-order valence-electron chi connectivity index (χ1n) is 5.28. The SMILES string of the molecule is Nc1cc(Cl)cnc1C(=O)c1ccccc1C(=O)O. The molecule has 0 saturated heterocycles. The number of carbonyl (C=O) groups is 2. The predicted octanol–water partition coefficient (Wildman–Crippen LogP) is 2.25. The van der Waals surface area contributed by atoms with Gasteiger partial charge >= 0.3 is 5.97 Å². The highest BCUT2D eigenvalue weighted by atomic mass is 35.5. The standard InChI is InChI=1S/C13H9ClN2O3/c14-7-5-10(15)11(16-6-7)12(17)8-3-1-2-4-9(8)13(18)19/h1-6H,15H2,(H,18,19). The highest BCUT2D eigenvalue weighted by Crippen LogP contribution is 2.20. The van der Waals surface area contributed by atoms with Gasteiger partial charge in [0.05, 0.1) is 16.3 Å². The third kappa shape index (κ3) is 2.56. The molecular weight excluding hydrogens is 268 g/mol. The number of ketones is 1. The topological polar surface area (TPSA) is 93.3 Å². The number of aromatic carboxylic acids is 1. The van der Waals surface area contributed by atoms with E-state index in [1.54, 1.807) is 12.1 Å². The van der Waals surface area contributed by atoms with Gasteiger partial charge in [0, 0.05) is 11.8 Å². The Hall–Kier alpha value is -2.40. The van der Waals surface area contributed by atoms with Crippen LogP contribution in [0.15, 0.2) is 36.5 Å². The van der Waals surface area contributed by atoms with Crippen LogP contribution in [-0.4, -0.2) is 21.8 Å². The zero-order chi connectivity index (χ0) is 14.0. The minimum absolute atomic E-state index is 0.0156. The summed E-state index contributed by atoms with van der Waals surface area (Å²) in [6, 6.07) is 7.28. The summed E-state index contributed by atoms with van der Waals surface area (Å²) in [5, 5.41) is 9.36. The number of anilines is 1. The van der Waals surface area contributed by atoms with Gasteiger partial charge in [0.15, 0.2) is 0 Å². The van der Waals surface area contributed by atoms with E-state index in [0.717, 1.165) is 0 Å². The lowest BCUT2D eigenvalue weighted by Crippen LogP contribution is -2.12. The minimum Gasteiger partial charge on any atom is -0.478 e. The number of nitrogen functional groups attached to an aromatic ring is 1. The number of nitrogens with two attached hydrogens (primary N) is 1. The number of carboxylic acids is 1. The maximum Gasteiger partial charge on any atom is 0.336 e. The zero-order valence-electron chi connectivity index (χ0n) is 9.63. The fourth-order valence-electron chi connectivity index (χ4n) is 1.64. The molecule has 5 nitrogen and oxygen atoms in total. The summed E-state index contributed by atoms with van der Waals surface area (Å²) >= 11 is 5.70. The van der Waals surface area contributed by atoms with Gasteiger partial charge < -0.3 is 10.8 Å². The van der Waals surface area contributed by atoms with Gasteiger partial charge in [0.25, 0.3) is 0 Å². The van der Waals surface area contributed by atoms with Crippen molar-refractivity contribution >= 4 is 29.0 Å². The van der Waals surface area contributed by atoms with Gasteiger partial charge in [-0.25, -0.2) is 9.78 Å². The van der Waals surface area contributed by atoms with E-state index in [2.05, 4.69) is 4.98 Å². The summed E-state index contributed by atoms with van der Waals surface area (Å²) in [6.45, 7) is 0. The number of nitrogens with zero attached hydrogens (tertiary/aromatic N) is 1. The smallest absolute Gasteiger partial charge is 0.336 e. The van der Waals surface area contributed by atoms with Gasteiger partial charge in [0.1, 0.15) is 5.69 Å². The van der Waals surface area contributed by atoms with E-state index in [-0.39, 0.29) is 22.5 Å². The molecule has 1 aromatic heterocycles. The van der Waals surface area contributed by atoms with E-state index in [1.807, 2.05) is 0 Å². The van der Waals surface area contributed by atoms with Crippen LogP contribution >= 0.6 is 11.6 Å². The van der Waals surface area contributed by atoms with Crippen molar-refractivity contribution in [1.82, 2.24) is 4.98 Å². The lowest BCUT2D eigenvalue weighted by atomic mass is 10.0. The first-order valence-corrected chi connectivity index (χ1v) is 5.66. The maximum absolute atomic E-state index is 12.3. The molecule has 0 aliphatic rings. The lowest BCUT2D eigenvalue weighted by Gasteiger charge is -2.06. The number of rotatable bonds is 3. The molecule has 0 radical (unpaired) electrons. The van der Waals surface area contributed by atoms with E-state index >= 15 is 0 Å². The second-order valence-electron chi connectivity index (χ2n) is 3.77. The van der Waals surface area contributed by atoms with Gasteiger partial charge in [-0.05, 0) is 12.1 Å². The van der Waals surface area contributed by atoms with Crippen LogP contribution in [0.1, 0.15) is 26.4 Å². The summed E-state index contributed by atoms with van der Waals surface area (Å²) < 4.78 is 0. The molecule has 0 bridgehead atoms. The van der Waals surface area contributed by atoms with Crippen molar-refractivity contribution in [3.8, 4) is 0 Å². The van der Waals surface area contributed by atoms with Crippen molar-refractivity contribution in [3.63, 3.8) is 0 Å². The number of hydrogen-bond acceptors (Lipinski definition) is 4. The van der Waals surface area contributed by atoms with Crippen molar-refractivity contribution in [2.24, 2.45) is 0 Å². The predicted molar refractivity (Wildman–Crippen MR) is 70.5 cm³/mol. The summed E-state index contributed by atoms with van der Waals surface area (Å²) in [6.07, 6.45) is 1.29. The van der Waals surface area contributed by atoms with E-state index in [9.17, 15) is 9.59 Å². The Labute approximate surface area is 113 Å². The Morgan fingerprint density at radius 2 is 1.84 bits per heavy atom. The van der Waals surface area contributed by atoms with Crippen LogP contribution in [0.5, 0.6) is 0 Å². The first kappa shape index (κ1) is 13.0. The molecule has 6 heteroatoms. The number of benzene rings is 1. The molecule has 0 aliphatic heterocycles. The average molecular weight is 277 g/mol. The number of aromatic nitrogens is 1. The van der Waals surface area contributed by atoms with Gasteiger partial charge in [0.2, 0.25) is 5.78 Å². The molecular formula is C13H9ClN2O3. The second-order valence-corrected chi connectivity index (χ2v) is 4.21.